The highest BCUT2D eigenvalue weighted by molar-refractivity contribution is 5.19. The summed E-state index contributed by atoms with van der Waals surface area (Å²) >= 11 is 0. The van der Waals surface area contributed by atoms with Crippen molar-refractivity contribution in [2.75, 3.05) is 0 Å². The van der Waals surface area contributed by atoms with Crippen LogP contribution in [0.15, 0.2) is 18.2 Å². The Morgan fingerprint density at radius 2 is 1.70 bits per heavy atom. The van der Waals surface area contributed by atoms with Crippen LogP contribution in [0.25, 0.3) is 0 Å². The van der Waals surface area contributed by atoms with Crippen molar-refractivity contribution >= 4 is 0 Å². The second kappa shape index (κ2) is 7.70. The molecule has 2 rings (SSSR count). The molecule has 2 nitrogen and oxygen atoms in total. The molecule has 0 radical (unpaired) electrons. The SMILES string of the molecule is NNC(Cc1ccc(F)c(F)c1)C1CCCCCCC1. The smallest absolute Gasteiger partial charge is 0.159 e. The van der Waals surface area contributed by atoms with Gasteiger partial charge in [-0.25, -0.2) is 8.78 Å². The quantitative estimate of drug-likeness (QED) is 0.653. The van der Waals surface area contributed by atoms with E-state index >= 15 is 0 Å². The van der Waals surface area contributed by atoms with Crippen molar-refractivity contribution in [3.63, 3.8) is 0 Å². The molecule has 0 aromatic heterocycles. The number of benzene rings is 1. The van der Waals surface area contributed by atoms with Gasteiger partial charge >= 0.3 is 0 Å². The molecule has 0 aliphatic heterocycles. The molecule has 112 valence electrons. The lowest BCUT2D eigenvalue weighted by Crippen LogP contribution is -2.42. The first-order valence-corrected chi connectivity index (χ1v) is 7.60. The molecule has 3 N–H and O–H groups in total. The van der Waals surface area contributed by atoms with E-state index in [1.807, 2.05) is 0 Å². The summed E-state index contributed by atoms with van der Waals surface area (Å²) in [5.74, 6) is 4.64. The van der Waals surface area contributed by atoms with E-state index in [-0.39, 0.29) is 6.04 Å². The van der Waals surface area contributed by atoms with Crippen LogP contribution in [0.5, 0.6) is 0 Å². The van der Waals surface area contributed by atoms with Gasteiger partial charge in [0, 0.05) is 6.04 Å². The van der Waals surface area contributed by atoms with E-state index in [0.29, 0.717) is 12.3 Å². The first-order chi connectivity index (χ1) is 9.70. The average molecular weight is 282 g/mol. The van der Waals surface area contributed by atoms with Crippen molar-refractivity contribution in [1.82, 2.24) is 5.43 Å². The van der Waals surface area contributed by atoms with Crippen LogP contribution in [0.4, 0.5) is 8.78 Å². The molecule has 0 heterocycles. The number of nitrogens with two attached hydrogens (primary N) is 1. The van der Waals surface area contributed by atoms with Crippen LogP contribution < -0.4 is 11.3 Å². The molecule has 20 heavy (non-hydrogen) atoms. The molecule has 1 aromatic rings. The molecular weight excluding hydrogens is 258 g/mol. The monoisotopic (exact) mass is 282 g/mol. The fourth-order valence-electron chi connectivity index (χ4n) is 3.17. The Hall–Kier alpha value is -1.00. The largest absolute Gasteiger partial charge is 0.271 e. The molecule has 1 aromatic carbocycles. The van der Waals surface area contributed by atoms with E-state index < -0.39 is 11.6 Å². The molecule has 0 amide bonds. The average Bonchev–Trinajstić information content (AvgIpc) is 2.40. The van der Waals surface area contributed by atoms with Crippen molar-refractivity contribution in [2.45, 2.75) is 57.4 Å². The molecule has 1 aliphatic rings. The first-order valence-electron chi connectivity index (χ1n) is 7.60. The number of nitrogens with one attached hydrogen (secondary N) is 1. The van der Waals surface area contributed by atoms with Gasteiger partial charge in [0.15, 0.2) is 11.6 Å². The molecule has 1 saturated carbocycles. The van der Waals surface area contributed by atoms with E-state index in [4.69, 9.17) is 5.84 Å². The van der Waals surface area contributed by atoms with E-state index in [1.165, 1.54) is 57.1 Å². The van der Waals surface area contributed by atoms with E-state index in [9.17, 15) is 8.78 Å². The van der Waals surface area contributed by atoms with Crippen molar-refractivity contribution in [3.05, 3.63) is 35.4 Å². The van der Waals surface area contributed by atoms with Gasteiger partial charge in [-0.2, -0.15) is 0 Å². The molecule has 1 fully saturated rings. The molecular formula is C16H24F2N2. The summed E-state index contributed by atoms with van der Waals surface area (Å²) in [7, 11) is 0. The highest BCUT2D eigenvalue weighted by Crippen LogP contribution is 2.26. The van der Waals surface area contributed by atoms with Crippen LogP contribution in [0.2, 0.25) is 0 Å². The Balaban J connectivity index is 2.00. The maximum atomic E-state index is 13.3. The molecule has 0 spiro atoms. The van der Waals surface area contributed by atoms with Gasteiger partial charge in [0.2, 0.25) is 0 Å². The Morgan fingerprint density at radius 3 is 2.30 bits per heavy atom. The summed E-state index contributed by atoms with van der Waals surface area (Å²) in [5.41, 5.74) is 3.69. The highest BCUT2D eigenvalue weighted by Gasteiger charge is 2.21. The Kier molecular flexibility index (Phi) is 5.92. The van der Waals surface area contributed by atoms with Gasteiger partial charge in [-0.05, 0) is 42.9 Å². The normalized spacial score (nSPS) is 19.4. The van der Waals surface area contributed by atoms with Crippen molar-refractivity contribution < 1.29 is 8.78 Å². The third-order valence-corrected chi connectivity index (χ3v) is 4.37. The van der Waals surface area contributed by atoms with Crippen LogP contribution >= 0.6 is 0 Å². The lowest BCUT2D eigenvalue weighted by Gasteiger charge is -2.28. The summed E-state index contributed by atoms with van der Waals surface area (Å²) in [4.78, 5) is 0. The lowest BCUT2D eigenvalue weighted by molar-refractivity contribution is 0.285. The molecule has 0 saturated heterocycles. The van der Waals surface area contributed by atoms with Crippen LogP contribution in [-0.4, -0.2) is 6.04 Å². The standard InChI is InChI=1S/C16H24F2N2/c17-14-9-8-12(10-15(14)18)11-16(20-19)13-6-4-2-1-3-5-7-13/h8-10,13,16,20H,1-7,11,19H2. The van der Waals surface area contributed by atoms with Gasteiger partial charge in [-0.3, -0.25) is 11.3 Å². The Morgan fingerprint density at radius 1 is 1.05 bits per heavy atom. The van der Waals surface area contributed by atoms with Crippen LogP contribution in [0.1, 0.15) is 50.5 Å². The lowest BCUT2D eigenvalue weighted by atomic mass is 9.83. The van der Waals surface area contributed by atoms with Crippen molar-refractivity contribution in [1.29, 1.82) is 0 Å². The fourth-order valence-corrected chi connectivity index (χ4v) is 3.17. The third kappa shape index (κ3) is 4.25. The Bertz CT molecular complexity index is 415. The number of hydrogen-bond acceptors (Lipinski definition) is 2. The van der Waals surface area contributed by atoms with Crippen LogP contribution in [0.3, 0.4) is 0 Å². The summed E-state index contributed by atoms with van der Waals surface area (Å²) < 4.78 is 26.2. The maximum Gasteiger partial charge on any atom is 0.159 e. The van der Waals surface area contributed by atoms with Gasteiger partial charge in [0.1, 0.15) is 0 Å². The molecule has 1 unspecified atom stereocenters. The number of hydrazine groups is 1. The first kappa shape index (κ1) is 15.4. The fraction of sp³-hybridized carbons (Fsp3) is 0.625. The molecule has 4 heteroatoms. The van der Waals surface area contributed by atoms with E-state index in [2.05, 4.69) is 5.43 Å². The molecule has 1 aliphatic carbocycles. The number of hydrogen-bond donors (Lipinski definition) is 2. The van der Waals surface area contributed by atoms with E-state index in [1.54, 1.807) is 6.07 Å². The zero-order valence-electron chi connectivity index (χ0n) is 11.9. The molecule has 0 bridgehead atoms. The zero-order chi connectivity index (χ0) is 14.4. The minimum absolute atomic E-state index is 0.137. The van der Waals surface area contributed by atoms with Gasteiger partial charge in [-0.1, -0.05) is 38.2 Å². The minimum Gasteiger partial charge on any atom is -0.271 e. The topological polar surface area (TPSA) is 38.0 Å². The van der Waals surface area contributed by atoms with Gasteiger partial charge in [0.05, 0.1) is 0 Å². The molecule has 1 atom stereocenters. The summed E-state index contributed by atoms with van der Waals surface area (Å²) in [6.45, 7) is 0. The number of halogens is 2. The third-order valence-electron chi connectivity index (χ3n) is 4.37. The second-order valence-corrected chi connectivity index (χ2v) is 5.83. The minimum atomic E-state index is -0.794. The summed E-state index contributed by atoms with van der Waals surface area (Å²) in [5, 5.41) is 0. The van der Waals surface area contributed by atoms with Crippen LogP contribution in [-0.2, 0) is 6.42 Å². The van der Waals surface area contributed by atoms with Crippen molar-refractivity contribution in [2.24, 2.45) is 11.8 Å². The Labute approximate surface area is 119 Å². The predicted octanol–water partition coefficient (Wildman–Crippen LogP) is 3.70. The van der Waals surface area contributed by atoms with Gasteiger partial charge < -0.3 is 0 Å². The van der Waals surface area contributed by atoms with Crippen molar-refractivity contribution in [3.8, 4) is 0 Å². The van der Waals surface area contributed by atoms with Gasteiger partial charge in [0.25, 0.3) is 0 Å². The summed E-state index contributed by atoms with van der Waals surface area (Å²) in [6.07, 6.45) is 9.37. The predicted molar refractivity (Wildman–Crippen MR) is 77.0 cm³/mol. The number of rotatable bonds is 4. The highest BCUT2D eigenvalue weighted by atomic mass is 19.2. The second-order valence-electron chi connectivity index (χ2n) is 5.83. The summed E-state index contributed by atoms with van der Waals surface area (Å²) in [6, 6.07) is 4.25. The maximum absolute atomic E-state index is 13.3. The van der Waals surface area contributed by atoms with Crippen LogP contribution in [0, 0.1) is 17.6 Å². The van der Waals surface area contributed by atoms with Gasteiger partial charge in [-0.15, -0.1) is 0 Å². The van der Waals surface area contributed by atoms with E-state index in [0.717, 1.165) is 5.56 Å². The zero-order valence-corrected chi connectivity index (χ0v) is 11.9.